The molecule has 5 saturated heterocycles. The molecule has 0 amide bonds. The van der Waals surface area contributed by atoms with Gasteiger partial charge in [-0.25, -0.2) is 0 Å². The molecule has 3 saturated carbocycles. The highest BCUT2D eigenvalue weighted by molar-refractivity contribution is 4.92. The van der Waals surface area contributed by atoms with Crippen molar-refractivity contribution in [3.05, 3.63) is 0 Å². The van der Waals surface area contributed by atoms with Crippen LogP contribution in [0.3, 0.4) is 0 Å². The summed E-state index contributed by atoms with van der Waals surface area (Å²) in [7, 11) is 0. The summed E-state index contributed by atoms with van der Waals surface area (Å²) in [6.07, 6.45) is 14.6. The van der Waals surface area contributed by atoms with Crippen molar-refractivity contribution in [1.29, 1.82) is 0 Å². The van der Waals surface area contributed by atoms with Gasteiger partial charge in [0.25, 0.3) is 0 Å². The van der Waals surface area contributed by atoms with Gasteiger partial charge in [0.2, 0.25) is 0 Å². The van der Waals surface area contributed by atoms with Crippen molar-refractivity contribution in [3.63, 3.8) is 0 Å². The molecule has 3 nitrogen and oxygen atoms in total. The van der Waals surface area contributed by atoms with E-state index < -0.39 is 0 Å². The monoisotopic (exact) mass is 291 g/mol. The summed E-state index contributed by atoms with van der Waals surface area (Å²) in [6.45, 7) is 2.60. The minimum atomic E-state index is 0.921. The van der Waals surface area contributed by atoms with E-state index in [0.717, 1.165) is 36.0 Å². The molecular formula is C18H33N3. The van der Waals surface area contributed by atoms with Crippen LogP contribution in [0.4, 0.5) is 0 Å². The first-order chi connectivity index (χ1) is 10.3. The summed E-state index contributed by atoms with van der Waals surface area (Å²) < 4.78 is 0. The van der Waals surface area contributed by atoms with E-state index >= 15 is 0 Å². The predicted octanol–water partition coefficient (Wildman–Crippen LogP) is 2.42. The second-order valence-corrected chi connectivity index (χ2v) is 8.29. The molecule has 4 atom stereocenters. The van der Waals surface area contributed by atoms with Gasteiger partial charge in [0.05, 0.1) is 0 Å². The Balaban J connectivity index is 0.0000000823. The first-order valence-corrected chi connectivity index (χ1v) is 9.58. The van der Waals surface area contributed by atoms with E-state index in [1.807, 2.05) is 0 Å². The molecule has 3 N–H and O–H groups in total. The Kier molecular flexibility index (Phi) is 4.52. The number of piperidine rings is 4. The highest BCUT2D eigenvalue weighted by Gasteiger charge is 2.32. The highest BCUT2D eigenvalue weighted by atomic mass is 15.0. The Morgan fingerprint density at radius 3 is 1.48 bits per heavy atom. The fraction of sp³-hybridized carbons (Fsp3) is 1.00. The van der Waals surface area contributed by atoms with Crippen molar-refractivity contribution in [2.45, 2.75) is 88.4 Å². The largest absolute Gasteiger partial charge is 0.314 e. The molecule has 8 aliphatic rings. The lowest BCUT2D eigenvalue weighted by atomic mass is 9.75. The minimum absolute atomic E-state index is 0.921. The average Bonchev–Trinajstić information content (AvgIpc) is 3.14. The van der Waals surface area contributed by atoms with Crippen molar-refractivity contribution >= 4 is 0 Å². The molecule has 0 aromatic carbocycles. The lowest BCUT2D eigenvalue weighted by Crippen LogP contribution is -2.55. The van der Waals surface area contributed by atoms with Gasteiger partial charge in [-0.15, -0.1) is 0 Å². The van der Waals surface area contributed by atoms with E-state index in [4.69, 9.17) is 0 Å². The first kappa shape index (κ1) is 14.5. The summed E-state index contributed by atoms with van der Waals surface area (Å²) in [6, 6.07) is 3.71. The summed E-state index contributed by atoms with van der Waals surface area (Å²) in [5.41, 5.74) is 0. The van der Waals surface area contributed by atoms with E-state index in [-0.39, 0.29) is 0 Å². The second kappa shape index (κ2) is 6.55. The van der Waals surface area contributed by atoms with Crippen LogP contribution in [-0.2, 0) is 0 Å². The highest BCUT2D eigenvalue weighted by Crippen LogP contribution is 2.33. The van der Waals surface area contributed by atoms with Crippen LogP contribution in [0.25, 0.3) is 0 Å². The van der Waals surface area contributed by atoms with Crippen LogP contribution in [0.15, 0.2) is 0 Å². The lowest BCUT2D eigenvalue weighted by molar-refractivity contribution is 0.158. The van der Waals surface area contributed by atoms with Crippen LogP contribution in [-0.4, -0.2) is 37.3 Å². The third-order valence-corrected chi connectivity index (χ3v) is 6.60. The molecule has 0 spiro atoms. The van der Waals surface area contributed by atoms with Gasteiger partial charge < -0.3 is 16.0 Å². The minimum Gasteiger partial charge on any atom is -0.314 e. The number of hydrogen-bond acceptors (Lipinski definition) is 3. The van der Waals surface area contributed by atoms with E-state index in [2.05, 4.69) is 16.0 Å². The quantitative estimate of drug-likeness (QED) is 0.641. The standard InChI is InChI=1S/3C6H11N/c1-2-7-6-3-5(1)4-6;1-2-6-3-5(1)4-7-6;1-2-5-4-6(3-1)7-5/h3*5-7H,1-4H2. The Morgan fingerprint density at radius 1 is 0.571 bits per heavy atom. The maximum absolute atomic E-state index is 3.48. The maximum atomic E-state index is 3.48. The second-order valence-electron chi connectivity index (χ2n) is 8.29. The third-order valence-electron chi connectivity index (χ3n) is 6.60. The number of rotatable bonds is 0. The Morgan fingerprint density at radius 2 is 1.33 bits per heavy atom. The van der Waals surface area contributed by atoms with Crippen LogP contribution in [0.5, 0.6) is 0 Å². The smallest absolute Gasteiger partial charge is 0.00844 e. The van der Waals surface area contributed by atoms with Gasteiger partial charge >= 0.3 is 0 Å². The van der Waals surface area contributed by atoms with Gasteiger partial charge in [-0.1, -0.05) is 6.42 Å². The van der Waals surface area contributed by atoms with Crippen LogP contribution >= 0.6 is 0 Å². The first-order valence-electron chi connectivity index (χ1n) is 9.58. The molecule has 3 aliphatic carbocycles. The molecule has 8 rings (SSSR count). The fourth-order valence-corrected chi connectivity index (χ4v) is 5.07. The van der Waals surface area contributed by atoms with Gasteiger partial charge in [0.1, 0.15) is 0 Å². The Hall–Kier alpha value is -0.120. The van der Waals surface area contributed by atoms with Crippen molar-refractivity contribution in [2.24, 2.45) is 11.8 Å². The van der Waals surface area contributed by atoms with Gasteiger partial charge in [-0.3, -0.25) is 0 Å². The lowest BCUT2D eigenvalue weighted by Gasteiger charge is -2.42. The molecule has 0 aromatic rings. The predicted molar refractivity (Wildman–Crippen MR) is 87.4 cm³/mol. The van der Waals surface area contributed by atoms with Crippen molar-refractivity contribution in [3.8, 4) is 0 Å². The number of fused-ring (bicyclic) bond motifs is 6. The molecule has 0 aromatic heterocycles. The topological polar surface area (TPSA) is 36.1 Å². The van der Waals surface area contributed by atoms with E-state index in [1.165, 1.54) is 77.3 Å². The van der Waals surface area contributed by atoms with Crippen LogP contribution in [0.2, 0.25) is 0 Å². The molecule has 6 bridgehead atoms. The normalized spacial score (nSPS) is 48.0. The van der Waals surface area contributed by atoms with Gasteiger partial charge in [-0.2, -0.15) is 0 Å². The van der Waals surface area contributed by atoms with Crippen LogP contribution in [0.1, 0.15) is 64.2 Å². The van der Waals surface area contributed by atoms with E-state index in [9.17, 15) is 0 Å². The summed E-state index contributed by atoms with van der Waals surface area (Å²) in [4.78, 5) is 0. The zero-order valence-electron chi connectivity index (χ0n) is 13.4. The van der Waals surface area contributed by atoms with Gasteiger partial charge in [0.15, 0.2) is 0 Å². The molecular weight excluding hydrogens is 258 g/mol. The average molecular weight is 291 g/mol. The molecule has 8 fully saturated rings. The SMILES string of the molecule is C1CC2CC(C1)N2.C1CC2CC(C2)N1.C1CC2CC1CN2. The zero-order valence-corrected chi connectivity index (χ0v) is 13.4. The Bertz CT molecular complexity index is 266. The summed E-state index contributed by atoms with van der Waals surface area (Å²) >= 11 is 0. The fourth-order valence-electron chi connectivity index (χ4n) is 5.07. The van der Waals surface area contributed by atoms with E-state index in [1.54, 1.807) is 0 Å². The van der Waals surface area contributed by atoms with Gasteiger partial charge in [-0.05, 0) is 82.7 Å². The number of nitrogens with one attached hydrogen (secondary N) is 3. The van der Waals surface area contributed by atoms with Crippen molar-refractivity contribution in [1.82, 2.24) is 16.0 Å². The maximum Gasteiger partial charge on any atom is 0.00844 e. The molecule has 4 unspecified atom stereocenters. The molecule has 5 heterocycles. The molecule has 3 heteroatoms. The Labute approximate surface area is 130 Å². The van der Waals surface area contributed by atoms with Crippen LogP contribution in [0, 0.1) is 11.8 Å². The molecule has 21 heavy (non-hydrogen) atoms. The van der Waals surface area contributed by atoms with Crippen molar-refractivity contribution < 1.29 is 0 Å². The third kappa shape index (κ3) is 3.62. The molecule has 0 radical (unpaired) electrons. The zero-order chi connectivity index (χ0) is 14.1. The molecule has 120 valence electrons. The van der Waals surface area contributed by atoms with Crippen molar-refractivity contribution in [2.75, 3.05) is 13.1 Å². The summed E-state index contributed by atoms with van der Waals surface area (Å²) in [5, 5.41) is 10.4. The summed E-state index contributed by atoms with van der Waals surface area (Å²) in [5.74, 6) is 2.18. The number of hydrogen-bond donors (Lipinski definition) is 3. The van der Waals surface area contributed by atoms with E-state index in [0.29, 0.717) is 0 Å². The molecule has 5 aliphatic heterocycles. The van der Waals surface area contributed by atoms with Crippen LogP contribution < -0.4 is 16.0 Å². The van der Waals surface area contributed by atoms with Gasteiger partial charge in [0, 0.05) is 24.2 Å².